The molecule has 0 aliphatic rings. The smallest absolute Gasteiger partial charge is 0.277 e. The Labute approximate surface area is 196 Å². The molecule has 2 heterocycles. The van der Waals surface area contributed by atoms with E-state index in [2.05, 4.69) is 20.6 Å². The lowest BCUT2D eigenvalue weighted by Gasteiger charge is -2.08. The van der Waals surface area contributed by atoms with Crippen LogP contribution in [0.2, 0.25) is 0 Å². The Balaban J connectivity index is 1.42. The largest absolute Gasteiger partial charge is 0.497 e. The summed E-state index contributed by atoms with van der Waals surface area (Å²) in [6.07, 6.45) is 0. The third-order valence-corrected chi connectivity index (χ3v) is 4.79. The first-order valence-electron chi connectivity index (χ1n) is 10.1. The number of amides is 1. The van der Waals surface area contributed by atoms with Crippen LogP contribution >= 0.6 is 0 Å². The first kappa shape index (κ1) is 23.0. The summed E-state index contributed by atoms with van der Waals surface area (Å²) in [5, 5.41) is 37.1. The predicted molar refractivity (Wildman–Crippen MR) is 120 cm³/mol. The number of hydrogen-bond donors (Lipinski definition) is 1. The maximum absolute atomic E-state index is 12.3. The molecule has 2 aromatic heterocycles. The number of nitro benzene ring substituents is 2. The number of hydrogen-bond acceptors (Lipinski definition) is 10. The number of nitrogens with zero attached hydrogens (tertiary/aromatic N) is 6. The van der Waals surface area contributed by atoms with Crippen molar-refractivity contribution in [1.29, 1.82) is 0 Å². The molecule has 35 heavy (non-hydrogen) atoms. The summed E-state index contributed by atoms with van der Waals surface area (Å²) in [4.78, 5) is 32.7. The van der Waals surface area contributed by atoms with Crippen LogP contribution in [0, 0.1) is 20.2 Å². The highest BCUT2D eigenvalue weighted by Gasteiger charge is 2.19. The van der Waals surface area contributed by atoms with E-state index in [1.54, 1.807) is 31.4 Å². The maximum Gasteiger partial charge on any atom is 0.277 e. The van der Waals surface area contributed by atoms with Gasteiger partial charge in [0.05, 0.1) is 35.1 Å². The van der Waals surface area contributed by atoms with Gasteiger partial charge in [-0.1, -0.05) is 12.1 Å². The fraction of sp³-hybridized carbons (Fsp3) is 0.143. The maximum atomic E-state index is 12.3. The summed E-state index contributed by atoms with van der Waals surface area (Å²) in [6, 6.07) is 13.2. The van der Waals surface area contributed by atoms with Crippen LogP contribution in [0.15, 0.2) is 54.6 Å². The molecule has 0 spiro atoms. The molecule has 0 unspecified atom stereocenters. The quantitative estimate of drug-likeness (QED) is 0.213. The van der Waals surface area contributed by atoms with E-state index in [0.29, 0.717) is 17.2 Å². The van der Waals surface area contributed by atoms with Crippen LogP contribution < -0.4 is 14.8 Å². The Morgan fingerprint density at radius 1 is 1.03 bits per heavy atom. The third kappa shape index (κ3) is 5.11. The van der Waals surface area contributed by atoms with Gasteiger partial charge in [-0.05, 0) is 18.2 Å². The first-order chi connectivity index (χ1) is 16.9. The molecule has 0 bridgehead atoms. The van der Waals surface area contributed by atoms with Gasteiger partial charge >= 0.3 is 0 Å². The minimum atomic E-state index is -0.806. The van der Waals surface area contributed by atoms with Gasteiger partial charge in [-0.25, -0.2) is 0 Å². The first-order valence-corrected chi connectivity index (χ1v) is 10.1. The molecular formula is C21H17N7O7. The number of benzene rings is 2. The Morgan fingerprint density at radius 3 is 2.46 bits per heavy atom. The molecule has 14 heteroatoms. The number of fused-ring (bicyclic) bond motifs is 1. The molecule has 178 valence electrons. The molecule has 4 rings (SSSR count). The SMILES string of the molecule is COc1cccc(-c2nnc3ccc(OCCNC(=O)c4cc([N+](=O)[O-])cc([N+](=O)[O-])c4)nn23)c1. The number of carbonyl (C=O) groups is 1. The minimum Gasteiger partial charge on any atom is -0.497 e. The summed E-state index contributed by atoms with van der Waals surface area (Å²) in [5.41, 5.74) is -0.0915. The second-order valence-electron chi connectivity index (χ2n) is 7.05. The molecule has 0 fully saturated rings. The number of carbonyl (C=O) groups excluding carboxylic acids is 1. The van der Waals surface area contributed by atoms with Gasteiger partial charge in [-0.3, -0.25) is 25.0 Å². The van der Waals surface area contributed by atoms with E-state index < -0.39 is 27.1 Å². The van der Waals surface area contributed by atoms with Crippen molar-refractivity contribution in [3.8, 4) is 23.0 Å². The van der Waals surface area contributed by atoms with Gasteiger partial charge in [-0.15, -0.1) is 15.3 Å². The van der Waals surface area contributed by atoms with Crippen LogP contribution in [-0.2, 0) is 0 Å². The molecule has 1 amide bonds. The lowest BCUT2D eigenvalue weighted by molar-refractivity contribution is -0.394. The Kier molecular flexibility index (Phi) is 6.44. The topological polar surface area (TPSA) is 177 Å². The molecule has 0 saturated carbocycles. The van der Waals surface area contributed by atoms with E-state index >= 15 is 0 Å². The second kappa shape index (κ2) is 9.78. The van der Waals surface area contributed by atoms with Crippen molar-refractivity contribution in [3.05, 3.63) is 80.4 Å². The molecule has 4 aromatic rings. The summed E-state index contributed by atoms with van der Waals surface area (Å²) in [5.74, 6) is 0.644. The van der Waals surface area contributed by atoms with Crippen LogP contribution in [0.25, 0.3) is 17.0 Å². The van der Waals surface area contributed by atoms with Crippen molar-refractivity contribution in [2.24, 2.45) is 0 Å². The lowest BCUT2D eigenvalue weighted by atomic mass is 10.1. The highest BCUT2D eigenvalue weighted by molar-refractivity contribution is 5.95. The van der Waals surface area contributed by atoms with Crippen molar-refractivity contribution in [2.45, 2.75) is 0 Å². The van der Waals surface area contributed by atoms with Crippen molar-refractivity contribution < 1.29 is 24.1 Å². The van der Waals surface area contributed by atoms with Crippen molar-refractivity contribution in [2.75, 3.05) is 20.3 Å². The van der Waals surface area contributed by atoms with E-state index in [1.165, 1.54) is 4.52 Å². The van der Waals surface area contributed by atoms with Crippen LogP contribution in [0.1, 0.15) is 10.4 Å². The number of methoxy groups -OCH3 is 1. The van der Waals surface area contributed by atoms with Gasteiger partial charge in [0.1, 0.15) is 12.4 Å². The zero-order valence-electron chi connectivity index (χ0n) is 18.2. The van der Waals surface area contributed by atoms with E-state index in [-0.39, 0.29) is 24.6 Å². The third-order valence-electron chi connectivity index (χ3n) is 4.79. The molecule has 2 aromatic carbocycles. The molecule has 0 atom stereocenters. The lowest BCUT2D eigenvalue weighted by Crippen LogP contribution is -2.28. The summed E-state index contributed by atoms with van der Waals surface area (Å²) < 4.78 is 12.3. The van der Waals surface area contributed by atoms with E-state index in [0.717, 1.165) is 23.8 Å². The van der Waals surface area contributed by atoms with Crippen molar-refractivity contribution in [3.63, 3.8) is 0 Å². The van der Waals surface area contributed by atoms with E-state index in [4.69, 9.17) is 9.47 Å². The van der Waals surface area contributed by atoms with Gasteiger partial charge in [0.15, 0.2) is 11.5 Å². The summed E-state index contributed by atoms with van der Waals surface area (Å²) >= 11 is 0. The monoisotopic (exact) mass is 479 g/mol. The minimum absolute atomic E-state index is 0.0118. The number of aromatic nitrogens is 4. The average molecular weight is 479 g/mol. The predicted octanol–water partition coefficient (Wildman–Crippen LogP) is 2.43. The number of nitrogens with one attached hydrogen (secondary N) is 1. The Hall–Kier alpha value is -5.14. The highest BCUT2D eigenvalue weighted by atomic mass is 16.6. The standard InChI is InChI=1S/C21H17N7O7/c1-34-17-4-2-3-13(11-17)20-24-23-18-5-6-19(25-26(18)20)35-8-7-22-21(29)14-9-15(27(30)31)12-16(10-14)28(32)33/h2-6,9-12H,7-8H2,1H3,(H,22,29). The Bertz CT molecular complexity index is 1400. The summed E-state index contributed by atoms with van der Waals surface area (Å²) in [6.45, 7) is 0.0256. The van der Waals surface area contributed by atoms with Gasteiger partial charge in [-0.2, -0.15) is 4.52 Å². The number of ether oxygens (including phenoxy) is 2. The van der Waals surface area contributed by atoms with Crippen LogP contribution in [0.3, 0.4) is 0 Å². The van der Waals surface area contributed by atoms with Gasteiger partial charge in [0, 0.05) is 23.8 Å². The number of non-ortho nitro benzene ring substituents is 2. The second-order valence-corrected chi connectivity index (χ2v) is 7.05. The summed E-state index contributed by atoms with van der Waals surface area (Å²) in [7, 11) is 1.56. The van der Waals surface area contributed by atoms with Crippen LogP contribution in [0.5, 0.6) is 11.6 Å². The molecular weight excluding hydrogens is 462 g/mol. The number of rotatable bonds is 9. The fourth-order valence-corrected chi connectivity index (χ4v) is 3.15. The Morgan fingerprint density at radius 2 is 1.77 bits per heavy atom. The molecule has 0 aliphatic heterocycles. The molecule has 0 saturated heterocycles. The zero-order valence-corrected chi connectivity index (χ0v) is 18.2. The van der Waals surface area contributed by atoms with Crippen molar-refractivity contribution in [1.82, 2.24) is 25.1 Å². The average Bonchev–Trinajstić information content (AvgIpc) is 3.29. The van der Waals surface area contributed by atoms with E-state index in [1.807, 2.05) is 12.1 Å². The molecule has 0 radical (unpaired) electrons. The normalized spacial score (nSPS) is 10.7. The zero-order chi connectivity index (χ0) is 24.9. The number of nitro groups is 2. The molecule has 0 aliphatic carbocycles. The van der Waals surface area contributed by atoms with Gasteiger partial charge in [0.25, 0.3) is 17.3 Å². The molecule has 14 nitrogen and oxygen atoms in total. The highest BCUT2D eigenvalue weighted by Crippen LogP contribution is 2.24. The van der Waals surface area contributed by atoms with Gasteiger partial charge in [0.2, 0.25) is 5.88 Å². The fourth-order valence-electron chi connectivity index (χ4n) is 3.15. The van der Waals surface area contributed by atoms with Crippen molar-refractivity contribution >= 4 is 22.9 Å². The van der Waals surface area contributed by atoms with Crippen LogP contribution in [0.4, 0.5) is 11.4 Å². The van der Waals surface area contributed by atoms with Gasteiger partial charge < -0.3 is 14.8 Å². The molecule has 1 N–H and O–H groups in total. The van der Waals surface area contributed by atoms with Crippen LogP contribution in [-0.4, -0.2) is 55.8 Å². The van der Waals surface area contributed by atoms with E-state index in [9.17, 15) is 25.0 Å².